The van der Waals surface area contributed by atoms with Gasteiger partial charge in [0.15, 0.2) is 0 Å². The maximum absolute atomic E-state index is 12.2. The third-order valence-corrected chi connectivity index (χ3v) is 3.13. The molecule has 4 heteroatoms. The van der Waals surface area contributed by atoms with E-state index in [4.69, 9.17) is 9.47 Å². The summed E-state index contributed by atoms with van der Waals surface area (Å²) in [6.45, 7) is 5.21. The van der Waals surface area contributed by atoms with Crippen molar-refractivity contribution >= 4 is 11.9 Å². The van der Waals surface area contributed by atoms with Gasteiger partial charge in [0.1, 0.15) is 5.76 Å². The van der Waals surface area contributed by atoms with Crippen molar-refractivity contribution in [2.24, 2.45) is 0 Å². The first-order chi connectivity index (χ1) is 9.49. The molecule has 0 amide bonds. The fourth-order valence-electron chi connectivity index (χ4n) is 2.31. The quantitative estimate of drug-likeness (QED) is 0.795. The first kappa shape index (κ1) is 14.3. The van der Waals surface area contributed by atoms with E-state index in [1.54, 1.807) is 20.8 Å². The van der Waals surface area contributed by atoms with Crippen LogP contribution in [0.15, 0.2) is 41.7 Å². The van der Waals surface area contributed by atoms with Crippen molar-refractivity contribution in [3.63, 3.8) is 0 Å². The zero-order valence-corrected chi connectivity index (χ0v) is 11.9. The molecule has 0 aromatic heterocycles. The Hall–Kier alpha value is -2.10. The number of carbonyl (C=O) groups excluding carboxylic acids is 2. The number of benzene rings is 1. The van der Waals surface area contributed by atoms with Crippen LogP contribution in [0.2, 0.25) is 0 Å². The van der Waals surface area contributed by atoms with Crippen molar-refractivity contribution < 1.29 is 19.1 Å². The Morgan fingerprint density at radius 1 is 1.30 bits per heavy atom. The van der Waals surface area contributed by atoms with Crippen LogP contribution in [0.25, 0.3) is 0 Å². The topological polar surface area (TPSA) is 52.6 Å². The smallest absolute Gasteiger partial charge is 0.338 e. The molecule has 4 nitrogen and oxygen atoms in total. The van der Waals surface area contributed by atoms with Gasteiger partial charge in [-0.1, -0.05) is 30.3 Å². The molecule has 1 aliphatic heterocycles. The highest BCUT2D eigenvalue weighted by Gasteiger charge is 2.34. The average molecular weight is 274 g/mol. The highest BCUT2D eigenvalue weighted by atomic mass is 16.6. The Bertz CT molecular complexity index is 543. The van der Waals surface area contributed by atoms with Gasteiger partial charge in [-0.25, -0.2) is 4.79 Å². The van der Waals surface area contributed by atoms with Crippen molar-refractivity contribution in [3.8, 4) is 0 Å². The molecular formula is C16H18O4. The van der Waals surface area contributed by atoms with E-state index in [0.717, 1.165) is 5.56 Å². The highest BCUT2D eigenvalue weighted by Crippen LogP contribution is 2.35. The molecule has 20 heavy (non-hydrogen) atoms. The minimum absolute atomic E-state index is 0.157. The largest absolute Gasteiger partial charge is 0.460 e. The van der Waals surface area contributed by atoms with E-state index in [1.165, 1.54) is 0 Å². The number of cyclic esters (lactones) is 1. The van der Waals surface area contributed by atoms with Gasteiger partial charge in [-0.2, -0.15) is 0 Å². The Kier molecular flexibility index (Phi) is 4.23. The molecule has 106 valence electrons. The predicted octanol–water partition coefficient (Wildman–Crippen LogP) is 2.94. The van der Waals surface area contributed by atoms with Crippen LogP contribution in [0, 0.1) is 0 Å². The molecule has 0 aliphatic carbocycles. The zero-order chi connectivity index (χ0) is 14.7. The van der Waals surface area contributed by atoms with Gasteiger partial charge in [0.05, 0.1) is 18.1 Å². The summed E-state index contributed by atoms with van der Waals surface area (Å²) in [6.07, 6.45) is -0.0546. The average Bonchev–Trinajstić information content (AvgIpc) is 2.37. The van der Waals surface area contributed by atoms with Gasteiger partial charge in [-0.3, -0.25) is 4.79 Å². The number of allylic oxidation sites excluding steroid dienone is 1. The lowest BCUT2D eigenvalue weighted by molar-refractivity contribution is -0.146. The van der Waals surface area contributed by atoms with Crippen LogP contribution in [-0.4, -0.2) is 18.0 Å². The number of carbonyl (C=O) groups is 2. The Labute approximate surface area is 118 Å². The summed E-state index contributed by atoms with van der Waals surface area (Å²) in [5, 5.41) is 0. The molecular weight excluding hydrogens is 256 g/mol. The Morgan fingerprint density at radius 2 is 1.95 bits per heavy atom. The normalized spacial score (nSPS) is 19.0. The second-order valence-electron chi connectivity index (χ2n) is 5.07. The molecule has 0 fully saturated rings. The molecule has 0 radical (unpaired) electrons. The lowest BCUT2D eigenvalue weighted by Gasteiger charge is -2.26. The fourth-order valence-corrected chi connectivity index (χ4v) is 2.31. The molecule has 0 bridgehead atoms. The molecule has 0 spiro atoms. The number of hydrogen-bond donors (Lipinski definition) is 0. The molecule has 0 N–H and O–H groups in total. The van der Waals surface area contributed by atoms with Crippen LogP contribution in [0.3, 0.4) is 0 Å². The van der Waals surface area contributed by atoms with Crippen molar-refractivity contribution in [3.05, 3.63) is 47.2 Å². The molecule has 1 aromatic carbocycles. The monoisotopic (exact) mass is 274 g/mol. The summed E-state index contributed by atoms with van der Waals surface area (Å²) in [6, 6.07) is 9.47. The van der Waals surface area contributed by atoms with Crippen molar-refractivity contribution in [1.82, 2.24) is 0 Å². The number of ether oxygens (including phenoxy) is 2. The molecule has 0 saturated carbocycles. The summed E-state index contributed by atoms with van der Waals surface area (Å²) in [4.78, 5) is 23.9. The third-order valence-electron chi connectivity index (χ3n) is 3.13. The summed E-state index contributed by atoms with van der Waals surface area (Å²) >= 11 is 0. The van der Waals surface area contributed by atoms with Crippen LogP contribution < -0.4 is 0 Å². The van der Waals surface area contributed by atoms with E-state index in [0.29, 0.717) is 11.3 Å². The van der Waals surface area contributed by atoms with Crippen molar-refractivity contribution in [1.29, 1.82) is 0 Å². The van der Waals surface area contributed by atoms with Crippen molar-refractivity contribution in [2.45, 2.75) is 39.2 Å². The van der Waals surface area contributed by atoms with Gasteiger partial charge in [0.25, 0.3) is 0 Å². The molecule has 0 saturated heterocycles. The lowest BCUT2D eigenvalue weighted by atomic mass is 9.86. The second-order valence-corrected chi connectivity index (χ2v) is 5.07. The molecule has 1 heterocycles. The molecule has 2 rings (SSSR count). The number of hydrogen-bond acceptors (Lipinski definition) is 4. The minimum Gasteiger partial charge on any atom is -0.460 e. The second kappa shape index (κ2) is 5.90. The number of esters is 2. The Morgan fingerprint density at radius 3 is 2.55 bits per heavy atom. The maximum Gasteiger partial charge on any atom is 0.338 e. The van der Waals surface area contributed by atoms with E-state index in [-0.39, 0.29) is 24.4 Å². The van der Waals surface area contributed by atoms with E-state index in [2.05, 4.69) is 0 Å². The third kappa shape index (κ3) is 3.07. The van der Waals surface area contributed by atoms with Gasteiger partial charge in [-0.05, 0) is 26.3 Å². The van der Waals surface area contributed by atoms with Crippen molar-refractivity contribution in [2.75, 3.05) is 0 Å². The van der Waals surface area contributed by atoms with E-state index < -0.39 is 5.97 Å². The number of rotatable bonds is 3. The predicted molar refractivity (Wildman–Crippen MR) is 73.8 cm³/mol. The summed E-state index contributed by atoms with van der Waals surface area (Å²) in [5.41, 5.74) is 1.35. The van der Waals surface area contributed by atoms with Crippen LogP contribution in [0.4, 0.5) is 0 Å². The zero-order valence-electron chi connectivity index (χ0n) is 11.9. The van der Waals surface area contributed by atoms with E-state index >= 15 is 0 Å². The van der Waals surface area contributed by atoms with Crippen LogP contribution in [0.1, 0.15) is 38.7 Å². The maximum atomic E-state index is 12.2. The fraction of sp³-hybridized carbons (Fsp3) is 0.375. The van der Waals surface area contributed by atoms with E-state index in [1.807, 2.05) is 30.3 Å². The molecule has 1 aromatic rings. The van der Waals surface area contributed by atoms with Gasteiger partial charge >= 0.3 is 11.9 Å². The van der Waals surface area contributed by atoms with Crippen LogP contribution in [-0.2, 0) is 19.1 Å². The van der Waals surface area contributed by atoms with E-state index in [9.17, 15) is 9.59 Å². The molecule has 1 atom stereocenters. The van der Waals surface area contributed by atoms with Gasteiger partial charge in [0.2, 0.25) is 0 Å². The Balaban J connectivity index is 2.39. The minimum atomic E-state index is -0.418. The summed E-state index contributed by atoms with van der Waals surface area (Å²) in [5.74, 6) is -0.708. The van der Waals surface area contributed by atoms with Gasteiger partial charge < -0.3 is 9.47 Å². The SMILES string of the molecule is CC1=C(C(=O)OC(C)C)C(c2ccccc2)CC(=O)O1. The molecule has 1 unspecified atom stereocenters. The standard InChI is InChI=1S/C16H18O4/c1-10(2)19-16(18)15-11(3)20-14(17)9-13(15)12-7-5-4-6-8-12/h4-8,10,13H,9H2,1-3H3. The lowest BCUT2D eigenvalue weighted by Crippen LogP contribution is -2.26. The van der Waals surface area contributed by atoms with Gasteiger partial charge in [-0.15, -0.1) is 0 Å². The first-order valence-corrected chi connectivity index (χ1v) is 6.66. The van der Waals surface area contributed by atoms with Crippen LogP contribution >= 0.6 is 0 Å². The first-order valence-electron chi connectivity index (χ1n) is 6.66. The summed E-state index contributed by atoms with van der Waals surface area (Å²) in [7, 11) is 0. The van der Waals surface area contributed by atoms with Crippen LogP contribution in [0.5, 0.6) is 0 Å². The molecule has 1 aliphatic rings. The summed E-state index contributed by atoms with van der Waals surface area (Å²) < 4.78 is 10.4. The highest BCUT2D eigenvalue weighted by molar-refractivity contribution is 5.94. The van der Waals surface area contributed by atoms with Gasteiger partial charge in [0, 0.05) is 5.92 Å².